The summed E-state index contributed by atoms with van der Waals surface area (Å²) in [7, 11) is 0. The van der Waals surface area contributed by atoms with Crippen molar-refractivity contribution in [2.24, 2.45) is 5.90 Å². The third-order valence-corrected chi connectivity index (χ3v) is 6.71. The maximum Gasteiger partial charge on any atom is 0.356 e. The van der Waals surface area contributed by atoms with Crippen LogP contribution in [0.1, 0.15) is 43.0 Å². The SMILES string of the molecule is NOC(=O)c1ccc(/C=C/C(=O)c2ccc(OCc3ccccc3)c(OCc3ccccc3)c2OCc2ccccc2)cc1. The van der Waals surface area contributed by atoms with Gasteiger partial charge in [0.2, 0.25) is 5.75 Å². The predicted molar refractivity (Wildman–Crippen MR) is 168 cm³/mol. The second kappa shape index (κ2) is 15.0. The Bertz CT molecular complexity index is 1700. The molecule has 220 valence electrons. The van der Waals surface area contributed by atoms with Crippen LogP contribution in [0.15, 0.2) is 133 Å². The summed E-state index contributed by atoms with van der Waals surface area (Å²) in [5.41, 5.74) is 4.20. The van der Waals surface area contributed by atoms with Crippen LogP contribution in [0.4, 0.5) is 0 Å². The Labute approximate surface area is 256 Å². The minimum absolute atomic E-state index is 0.216. The molecule has 0 aliphatic rings. The van der Waals surface area contributed by atoms with Crippen molar-refractivity contribution in [1.29, 1.82) is 0 Å². The number of benzene rings is 5. The quantitative estimate of drug-likeness (QED) is 0.0877. The van der Waals surface area contributed by atoms with E-state index in [9.17, 15) is 9.59 Å². The Morgan fingerprint density at radius 2 is 1.07 bits per heavy atom. The van der Waals surface area contributed by atoms with E-state index in [0.29, 0.717) is 34.8 Å². The van der Waals surface area contributed by atoms with Crippen molar-refractivity contribution in [2.45, 2.75) is 19.8 Å². The van der Waals surface area contributed by atoms with Gasteiger partial charge in [0.25, 0.3) is 0 Å². The molecule has 0 spiro atoms. The van der Waals surface area contributed by atoms with Crippen molar-refractivity contribution >= 4 is 17.8 Å². The Kier molecular flexibility index (Phi) is 10.2. The first kappa shape index (κ1) is 29.8. The van der Waals surface area contributed by atoms with Crippen molar-refractivity contribution in [3.8, 4) is 17.2 Å². The zero-order chi connectivity index (χ0) is 30.6. The fourth-order valence-corrected chi connectivity index (χ4v) is 4.39. The molecule has 0 bridgehead atoms. The first-order chi connectivity index (χ1) is 21.6. The van der Waals surface area contributed by atoms with E-state index in [1.54, 1.807) is 42.5 Å². The van der Waals surface area contributed by atoms with Crippen LogP contribution >= 0.6 is 0 Å². The Hall–Kier alpha value is -5.66. The van der Waals surface area contributed by atoms with Crippen LogP contribution in [-0.4, -0.2) is 11.8 Å². The molecule has 0 heterocycles. The lowest BCUT2D eigenvalue weighted by atomic mass is 10.1. The van der Waals surface area contributed by atoms with Crippen molar-refractivity contribution in [1.82, 2.24) is 0 Å². The van der Waals surface area contributed by atoms with E-state index >= 15 is 0 Å². The smallest absolute Gasteiger partial charge is 0.356 e. The molecular formula is C37H31NO6. The van der Waals surface area contributed by atoms with Crippen LogP contribution in [0.25, 0.3) is 6.08 Å². The van der Waals surface area contributed by atoms with Crippen LogP contribution in [0, 0.1) is 0 Å². The zero-order valence-corrected chi connectivity index (χ0v) is 23.9. The van der Waals surface area contributed by atoms with Gasteiger partial charge in [0.1, 0.15) is 19.8 Å². The van der Waals surface area contributed by atoms with E-state index < -0.39 is 5.97 Å². The van der Waals surface area contributed by atoms with Gasteiger partial charge in [-0.2, -0.15) is 5.90 Å². The van der Waals surface area contributed by atoms with E-state index in [4.69, 9.17) is 20.1 Å². The molecule has 0 aliphatic carbocycles. The van der Waals surface area contributed by atoms with Crippen molar-refractivity contribution in [3.63, 3.8) is 0 Å². The number of hydrogen-bond acceptors (Lipinski definition) is 7. The first-order valence-electron chi connectivity index (χ1n) is 14.0. The number of carbonyl (C=O) groups excluding carboxylic acids is 2. The predicted octanol–water partition coefficient (Wildman–Crippen LogP) is 7.35. The molecule has 5 rings (SSSR count). The van der Waals surface area contributed by atoms with Gasteiger partial charge < -0.3 is 19.0 Å². The van der Waals surface area contributed by atoms with Crippen LogP contribution < -0.4 is 20.1 Å². The highest BCUT2D eigenvalue weighted by Gasteiger charge is 2.22. The summed E-state index contributed by atoms with van der Waals surface area (Å²) < 4.78 is 18.9. The minimum atomic E-state index is -0.644. The molecule has 0 saturated heterocycles. The summed E-state index contributed by atoms with van der Waals surface area (Å²) >= 11 is 0. The molecule has 5 aromatic rings. The Balaban J connectivity index is 1.49. The lowest BCUT2D eigenvalue weighted by Crippen LogP contribution is -2.09. The van der Waals surface area contributed by atoms with E-state index in [2.05, 4.69) is 4.84 Å². The van der Waals surface area contributed by atoms with Crippen LogP contribution in [-0.2, 0) is 24.7 Å². The number of nitrogens with two attached hydrogens (primary N) is 1. The minimum Gasteiger partial charge on any atom is -0.485 e. The van der Waals surface area contributed by atoms with E-state index in [-0.39, 0.29) is 24.7 Å². The third kappa shape index (κ3) is 8.00. The molecule has 0 radical (unpaired) electrons. The van der Waals surface area contributed by atoms with Gasteiger partial charge in [0.15, 0.2) is 17.3 Å². The maximum atomic E-state index is 13.6. The molecule has 0 aliphatic heterocycles. The van der Waals surface area contributed by atoms with Gasteiger partial charge in [-0.1, -0.05) is 109 Å². The molecule has 5 aromatic carbocycles. The van der Waals surface area contributed by atoms with Gasteiger partial charge >= 0.3 is 5.97 Å². The fraction of sp³-hybridized carbons (Fsp3) is 0.0811. The van der Waals surface area contributed by atoms with E-state index in [1.165, 1.54) is 6.08 Å². The van der Waals surface area contributed by atoms with Crippen LogP contribution in [0.2, 0.25) is 0 Å². The monoisotopic (exact) mass is 585 g/mol. The van der Waals surface area contributed by atoms with E-state index in [1.807, 2.05) is 91.0 Å². The van der Waals surface area contributed by atoms with Crippen molar-refractivity contribution < 1.29 is 28.6 Å². The number of carbonyl (C=O) groups is 2. The number of rotatable bonds is 13. The molecule has 7 heteroatoms. The zero-order valence-electron chi connectivity index (χ0n) is 23.9. The van der Waals surface area contributed by atoms with Gasteiger partial charge in [0.05, 0.1) is 11.1 Å². The Morgan fingerprint density at radius 1 is 0.568 bits per heavy atom. The van der Waals surface area contributed by atoms with Gasteiger partial charge in [-0.05, 0) is 52.6 Å². The number of ketones is 1. The summed E-state index contributed by atoms with van der Waals surface area (Å²) in [5, 5.41) is 0. The summed E-state index contributed by atoms with van der Waals surface area (Å²) in [6.07, 6.45) is 3.11. The maximum absolute atomic E-state index is 13.6. The van der Waals surface area contributed by atoms with Crippen LogP contribution in [0.3, 0.4) is 0 Å². The topological polar surface area (TPSA) is 97.1 Å². The lowest BCUT2D eigenvalue weighted by molar-refractivity contribution is 0.0503. The second-order valence-corrected chi connectivity index (χ2v) is 9.82. The normalized spacial score (nSPS) is 10.8. The molecule has 0 unspecified atom stereocenters. The fourth-order valence-electron chi connectivity index (χ4n) is 4.39. The molecule has 2 N–H and O–H groups in total. The summed E-state index contributed by atoms with van der Waals surface area (Å²) in [6, 6.07) is 39.2. The molecule has 0 fully saturated rings. The van der Waals surface area contributed by atoms with Gasteiger partial charge in [0, 0.05) is 0 Å². The average molecular weight is 586 g/mol. The molecule has 44 heavy (non-hydrogen) atoms. The highest BCUT2D eigenvalue weighted by Crippen LogP contribution is 2.42. The highest BCUT2D eigenvalue weighted by molar-refractivity contribution is 6.09. The molecule has 0 saturated carbocycles. The van der Waals surface area contributed by atoms with Crippen molar-refractivity contribution in [3.05, 3.63) is 167 Å². The second-order valence-electron chi connectivity index (χ2n) is 9.82. The number of ether oxygens (including phenoxy) is 3. The highest BCUT2D eigenvalue weighted by atomic mass is 16.7. The standard InChI is InChI=1S/C37H31NO6/c38-44-37(40)31-19-16-27(17-20-31)18-22-33(39)32-21-23-34(41-24-28-10-4-1-5-11-28)36(43-26-30-14-8-3-9-15-30)35(32)42-25-29-12-6-2-7-13-29/h1-23H,24-26,38H2/b22-18+. The molecule has 0 amide bonds. The summed E-state index contributed by atoms with van der Waals surface area (Å²) in [6.45, 7) is 0.768. The number of hydrogen-bond donors (Lipinski definition) is 1. The summed E-state index contributed by atoms with van der Waals surface area (Å²) in [4.78, 5) is 29.6. The largest absolute Gasteiger partial charge is 0.485 e. The third-order valence-electron chi connectivity index (χ3n) is 6.71. The number of allylic oxidation sites excluding steroid dienone is 1. The molecule has 0 atom stereocenters. The van der Waals surface area contributed by atoms with Crippen LogP contribution in [0.5, 0.6) is 17.2 Å². The van der Waals surface area contributed by atoms with Gasteiger partial charge in [-0.3, -0.25) is 4.79 Å². The van der Waals surface area contributed by atoms with Crippen molar-refractivity contribution in [2.75, 3.05) is 0 Å². The molecule has 0 aromatic heterocycles. The average Bonchev–Trinajstić information content (AvgIpc) is 3.09. The first-order valence-corrected chi connectivity index (χ1v) is 14.0. The van der Waals surface area contributed by atoms with E-state index in [0.717, 1.165) is 16.7 Å². The lowest BCUT2D eigenvalue weighted by Gasteiger charge is -2.19. The van der Waals surface area contributed by atoms with Gasteiger partial charge in [-0.15, -0.1) is 0 Å². The molecule has 7 nitrogen and oxygen atoms in total. The molecular weight excluding hydrogens is 554 g/mol. The Morgan fingerprint density at radius 3 is 1.59 bits per heavy atom. The van der Waals surface area contributed by atoms with Gasteiger partial charge in [-0.25, -0.2) is 4.79 Å². The summed E-state index contributed by atoms with van der Waals surface area (Å²) in [5.74, 6) is 5.10.